The molecule has 1 aliphatic rings. The van der Waals surface area contributed by atoms with E-state index in [0.29, 0.717) is 10.6 Å². The van der Waals surface area contributed by atoms with Crippen molar-refractivity contribution in [3.05, 3.63) is 58.6 Å². The Hall–Kier alpha value is -2.04. The number of anilines is 2. The lowest BCUT2D eigenvalue weighted by Crippen LogP contribution is -2.44. The summed E-state index contributed by atoms with van der Waals surface area (Å²) in [6.45, 7) is 5.76. The highest BCUT2D eigenvalue weighted by Gasteiger charge is 2.20. The molecule has 0 spiro atoms. The van der Waals surface area contributed by atoms with E-state index in [0.717, 1.165) is 43.1 Å². The fraction of sp³-hybridized carbons (Fsp3) is 0.316. The second-order valence-corrected chi connectivity index (χ2v) is 6.65. The third-order valence-corrected chi connectivity index (χ3v) is 4.67. The number of aryl methyl sites for hydroxylation is 1. The zero-order chi connectivity index (χ0) is 17.1. The molecule has 1 heterocycles. The minimum atomic E-state index is -0.118. The standard InChI is InChI=1S/C19H22ClN3O/c1-14-6-8-15(9-7-14)19(24)21-17-5-3-4-16(20)18(17)23-12-10-22(2)11-13-23/h3-9H,10-13H2,1-2H3,(H,21,24). The van der Waals surface area contributed by atoms with E-state index in [9.17, 15) is 4.79 Å². The summed E-state index contributed by atoms with van der Waals surface area (Å²) in [5.41, 5.74) is 3.45. The van der Waals surface area contributed by atoms with E-state index >= 15 is 0 Å². The molecule has 1 aliphatic heterocycles. The molecule has 1 amide bonds. The van der Waals surface area contributed by atoms with Crippen molar-refractivity contribution in [2.75, 3.05) is 43.4 Å². The van der Waals surface area contributed by atoms with Crippen LogP contribution in [-0.2, 0) is 0 Å². The third kappa shape index (κ3) is 3.71. The largest absolute Gasteiger partial charge is 0.366 e. The summed E-state index contributed by atoms with van der Waals surface area (Å²) >= 11 is 6.44. The molecule has 5 heteroatoms. The zero-order valence-corrected chi connectivity index (χ0v) is 14.8. The molecule has 0 bridgehead atoms. The Kier molecular flexibility index (Phi) is 5.07. The molecule has 0 aliphatic carbocycles. The van der Waals surface area contributed by atoms with Gasteiger partial charge in [-0.05, 0) is 38.2 Å². The van der Waals surface area contributed by atoms with Gasteiger partial charge in [0, 0.05) is 31.7 Å². The van der Waals surface area contributed by atoms with Crippen molar-refractivity contribution >= 4 is 28.9 Å². The molecule has 24 heavy (non-hydrogen) atoms. The van der Waals surface area contributed by atoms with Gasteiger partial charge in [0.25, 0.3) is 5.91 Å². The van der Waals surface area contributed by atoms with Gasteiger partial charge in [-0.15, -0.1) is 0 Å². The van der Waals surface area contributed by atoms with Crippen molar-refractivity contribution < 1.29 is 4.79 Å². The van der Waals surface area contributed by atoms with Gasteiger partial charge in [0.05, 0.1) is 16.4 Å². The molecule has 0 unspecified atom stereocenters. The summed E-state index contributed by atoms with van der Waals surface area (Å²) < 4.78 is 0. The minimum Gasteiger partial charge on any atom is -0.366 e. The van der Waals surface area contributed by atoms with Crippen molar-refractivity contribution in [3.63, 3.8) is 0 Å². The normalized spacial score (nSPS) is 15.4. The van der Waals surface area contributed by atoms with Crippen molar-refractivity contribution in [1.29, 1.82) is 0 Å². The fourth-order valence-electron chi connectivity index (χ4n) is 2.87. The Labute approximate surface area is 148 Å². The predicted molar refractivity (Wildman–Crippen MR) is 100 cm³/mol. The van der Waals surface area contributed by atoms with Crippen molar-refractivity contribution in [2.24, 2.45) is 0 Å². The van der Waals surface area contributed by atoms with Gasteiger partial charge in [-0.2, -0.15) is 0 Å². The van der Waals surface area contributed by atoms with Crippen LogP contribution in [0.5, 0.6) is 0 Å². The molecule has 2 aromatic carbocycles. The number of carbonyl (C=O) groups is 1. The topological polar surface area (TPSA) is 35.6 Å². The van der Waals surface area contributed by atoms with Crippen LogP contribution in [-0.4, -0.2) is 44.0 Å². The van der Waals surface area contributed by atoms with Crippen LogP contribution in [0.4, 0.5) is 11.4 Å². The Morgan fingerprint density at radius 2 is 1.71 bits per heavy atom. The third-order valence-electron chi connectivity index (χ3n) is 4.37. The number of piperazine rings is 1. The lowest BCUT2D eigenvalue weighted by molar-refractivity contribution is 0.102. The summed E-state index contributed by atoms with van der Waals surface area (Å²) in [6.07, 6.45) is 0. The molecule has 0 saturated carbocycles. The number of nitrogens with one attached hydrogen (secondary N) is 1. The van der Waals surface area contributed by atoms with Crippen LogP contribution in [0.2, 0.25) is 5.02 Å². The summed E-state index contributed by atoms with van der Waals surface area (Å²) in [4.78, 5) is 17.1. The van der Waals surface area contributed by atoms with Crippen molar-refractivity contribution in [3.8, 4) is 0 Å². The summed E-state index contributed by atoms with van der Waals surface area (Å²) in [7, 11) is 2.12. The smallest absolute Gasteiger partial charge is 0.255 e. The van der Waals surface area contributed by atoms with Gasteiger partial charge in [-0.1, -0.05) is 35.4 Å². The lowest BCUT2D eigenvalue weighted by atomic mass is 10.1. The van der Waals surface area contributed by atoms with Crippen LogP contribution in [0.15, 0.2) is 42.5 Å². The van der Waals surface area contributed by atoms with Gasteiger partial charge < -0.3 is 15.1 Å². The quantitative estimate of drug-likeness (QED) is 0.924. The Balaban J connectivity index is 1.84. The number of rotatable bonds is 3. The van der Waals surface area contributed by atoms with Gasteiger partial charge in [0.1, 0.15) is 0 Å². The number of carbonyl (C=O) groups excluding carboxylic acids is 1. The molecule has 2 aromatic rings. The number of likely N-dealkylation sites (N-methyl/N-ethyl adjacent to an activating group) is 1. The van der Waals surface area contributed by atoms with Crippen LogP contribution in [0.3, 0.4) is 0 Å². The molecule has 0 radical (unpaired) electrons. The van der Waals surface area contributed by atoms with Crippen LogP contribution < -0.4 is 10.2 Å². The van der Waals surface area contributed by atoms with Crippen LogP contribution in [0.1, 0.15) is 15.9 Å². The first-order chi connectivity index (χ1) is 11.5. The molecular weight excluding hydrogens is 322 g/mol. The average Bonchev–Trinajstić information content (AvgIpc) is 2.57. The van der Waals surface area contributed by atoms with Crippen molar-refractivity contribution in [1.82, 2.24) is 4.90 Å². The minimum absolute atomic E-state index is 0.118. The monoisotopic (exact) mass is 343 g/mol. The molecule has 1 N–H and O–H groups in total. The number of amides is 1. The van der Waals surface area contributed by atoms with E-state index in [-0.39, 0.29) is 5.91 Å². The number of halogens is 1. The fourth-order valence-corrected chi connectivity index (χ4v) is 3.16. The number of hydrogen-bond acceptors (Lipinski definition) is 3. The number of benzene rings is 2. The van der Waals surface area contributed by atoms with E-state index in [1.165, 1.54) is 0 Å². The van der Waals surface area contributed by atoms with E-state index in [2.05, 4.69) is 22.2 Å². The first-order valence-corrected chi connectivity index (χ1v) is 8.52. The molecule has 1 saturated heterocycles. The Bertz CT molecular complexity index is 722. The first-order valence-electron chi connectivity index (χ1n) is 8.14. The lowest BCUT2D eigenvalue weighted by Gasteiger charge is -2.35. The number of nitrogens with zero attached hydrogens (tertiary/aromatic N) is 2. The second kappa shape index (κ2) is 7.24. The van der Waals surface area contributed by atoms with E-state index in [1.54, 1.807) is 0 Å². The molecule has 0 atom stereocenters. The first kappa shape index (κ1) is 16.8. The maximum Gasteiger partial charge on any atom is 0.255 e. The van der Waals surface area contributed by atoms with Crippen LogP contribution in [0, 0.1) is 6.92 Å². The molecule has 3 rings (SSSR count). The van der Waals surface area contributed by atoms with Crippen molar-refractivity contribution in [2.45, 2.75) is 6.92 Å². The van der Waals surface area contributed by atoms with Crippen LogP contribution >= 0.6 is 11.6 Å². The molecular formula is C19H22ClN3O. The molecule has 4 nitrogen and oxygen atoms in total. The number of hydrogen-bond donors (Lipinski definition) is 1. The van der Waals surface area contributed by atoms with E-state index < -0.39 is 0 Å². The predicted octanol–water partition coefficient (Wildman–Crippen LogP) is 3.65. The molecule has 1 fully saturated rings. The van der Waals surface area contributed by atoms with E-state index in [1.807, 2.05) is 49.4 Å². The second-order valence-electron chi connectivity index (χ2n) is 6.25. The SMILES string of the molecule is Cc1ccc(C(=O)Nc2cccc(Cl)c2N2CCN(C)CC2)cc1. The maximum atomic E-state index is 12.5. The molecule has 0 aromatic heterocycles. The van der Waals surface area contributed by atoms with Gasteiger partial charge in [0.2, 0.25) is 0 Å². The Morgan fingerprint density at radius 1 is 1.04 bits per heavy atom. The summed E-state index contributed by atoms with van der Waals surface area (Å²) in [5, 5.41) is 3.68. The Morgan fingerprint density at radius 3 is 2.38 bits per heavy atom. The van der Waals surface area contributed by atoms with Crippen LogP contribution in [0.25, 0.3) is 0 Å². The molecule has 126 valence electrons. The van der Waals surface area contributed by atoms with Gasteiger partial charge in [0.15, 0.2) is 0 Å². The highest BCUT2D eigenvalue weighted by molar-refractivity contribution is 6.34. The summed E-state index contributed by atoms with van der Waals surface area (Å²) in [5.74, 6) is -0.118. The van der Waals surface area contributed by atoms with E-state index in [4.69, 9.17) is 11.6 Å². The highest BCUT2D eigenvalue weighted by Crippen LogP contribution is 2.34. The van der Waals surface area contributed by atoms with Gasteiger partial charge in [-0.3, -0.25) is 4.79 Å². The number of para-hydroxylation sites is 1. The van der Waals surface area contributed by atoms with Gasteiger partial charge >= 0.3 is 0 Å². The van der Waals surface area contributed by atoms with Gasteiger partial charge in [-0.25, -0.2) is 0 Å². The summed E-state index contributed by atoms with van der Waals surface area (Å²) in [6, 6.07) is 13.2. The maximum absolute atomic E-state index is 12.5. The highest BCUT2D eigenvalue weighted by atomic mass is 35.5. The average molecular weight is 344 g/mol. The zero-order valence-electron chi connectivity index (χ0n) is 14.1.